The fourth-order valence-electron chi connectivity index (χ4n) is 4.88. The van der Waals surface area contributed by atoms with Crippen molar-refractivity contribution in [1.29, 1.82) is 0 Å². The average molecular weight is 307 g/mol. The van der Waals surface area contributed by atoms with Crippen LogP contribution in [-0.4, -0.2) is 54.5 Å². The topological polar surface area (TPSA) is 52.7 Å². The Bertz CT molecular complexity index is 447. The molecule has 3 amide bonds. The molecule has 5 nitrogen and oxygen atoms in total. The highest BCUT2D eigenvalue weighted by molar-refractivity contribution is 5.78. The lowest BCUT2D eigenvalue weighted by Gasteiger charge is -2.46. The van der Waals surface area contributed by atoms with E-state index in [1.54, 1.807) is 0 Å². The van der Waals surface area contributed by atoms with Crippen LogP contribution in [0, 0.1) is 5.41 Å². The molecule has 3 rings (SSSR count). The third-order valence-electron chi connectivity index (χ3n) is 6.14. The summed E-state index contributed by atoms with van der Waals surface area (Å²) in [5.74, 6) is 0.264. The van der Waals surface area contributed by atoms with E-state index in [4.69, 9.17) is 0 Å². The van der Waals surface area contributed by atoms with Gasteiger partial charge in [0, 0.05) is 44.6 Å². The normalized spacial score (nSPS) is 32.2. The number of hydrogen-bond acceptors (Lipinski definition) is 2. The fourth-order valence-corrected chi connectivity index (χ4v) is 4.88. The summed E-state index contributed by atoms with van der Waals surface area (Å²) in [5, 5.41) is 3.17. The van der Waals surface area contributed by atoms with Crippen LogP contribution < -0.4 is 5.32 Å². The van der Waals surface area contributed by atoms with Crippen LogP contribution in [0.15, 0.2) is 0 Å². The first kappa shape index (κ1) is 15.6. The van der Waals surface area contributed by atoms with Crippen LogP contribution in [-0.2, 0) is 4.79 Å². The Morgan fingerprint density at radius 2 is 2.00 bits per heavy atom. The standard InChI is InChI=1S/C17H29N3O2/c1-19(16(22)18-13-6-3-4-7-13)12-17-10-5-8-14(17)20(2)15(21)9-11-17/h13-14H,3-12H2,1-2H3,(H,18,22)/t14-,17+/m1/s1. The lowest BCUT2D eigenvalue weighted by molar-refractivity contribution is -0.140. The molecule has 2 saturated carbocycles. The molecule has 0 radical (unpaired) electrons. The van der Waals surface area contributed by atoms with Gasteiger partial charge in [0.15, 0.2) is 0 Å². The molecule has 0 spiro atoms. The van der Waals surface area contributed by atoms with E-state index in [-0.39, 0.29) is 17.4 Å². The van der Waals surface area contributed by atoms with E-state index in [9.17, 15) is 9.59 Å². The highest BCUT2D eigenvalue weighted by atomic mass is 16.2. The quantitative estimate of drug-likeness (QED) is 0.870. The van der Waals surface area contributed by atoms with Gasteiger partial charge >= 0.3 is 6.03 Å². The zero-order valence-corrected chi connectivity index (χ0v) is 13.9. The Hall–Kier alpha value is -1.26. The minimum absolute atomic E-state index is 0.0616. The van der Waals surface area contributed by atoms with E-state index < -0.39 is 0 Å². The second kappa shape index (κ2) is 6.09. The van der Waals surface area contributed by atoms with Crippen LogP contribution in [0.1, 0.15) is 57.8 Å². The Morgan fingerprint density at radius 1 is 1.27 bits per heavy atom. The molecule has 0 bridgehead atoms. The average Bonchev–Trinajstić information content (AvgIpc) is 3.13. The van der Waals surface area contributed by atoms with E-state index in [1.807, 2.05) is 23.9 Å². The van der Waals surface area contributed by atoms with Crippen molar-refractivity contribution in [3.8, 4) is 0 Å². The molecule has 0 unspecified atom stereocenters. The molecular formula is C17H29N3O2. The van der Waals surface area contributed by atoms with Crippen molar-refractivity contribution in [2.45, 2.75) is 69.9 Å². The molecule has 1 saturated heterocycles. The number of likely N-dealkylation sites (tertiary alicyclic amines) is 1. The summed E-state index contributed by atoms with van der Waals surface area (Å²) in [6.07, 6.45) is 9.64. The highest BCUT2D eigenvalue weighted by Crippen LogP contribution is 2.47. The van der Waals surface area contributed by atoms with Gasteiger partial charge in [-0.25, -0.2) is 4.79 Å². The smallest absolute Gasteiger partial charge is 0.317 e. The molecule has 0 aromatic carbocycles. The van der Waals surface area contributed by atoms with Crippen molar-refractivity contribution < 1.29 is 9.59 Å². The molecule has 1 aliphatic heterocycles. The predicted octanol–water partition coefficient (Wildman–Crippen LogP) is 2.36. The van der Waals surface area contributed by atoms with Crippen LogP contribution in [0.25, 0.3) is 0 Å². The van der Waals surface area contributed by atoms with Crippen molar-refractivity contribution in [3.63, 3.8) is 0 Å². The van der Waals surface area contributed by atoms with Crippen molar-refractivity contribution in [2.75, 3.05) is 20.6 Å². The third kappa shape index (κ3) is 2.82. The molecule has 124 valence electrons. The number of carbonyl (C=O) groups excluding carboxylic acids is 2. The molecule has 3 fully saturated rings. The minimum atomic E-state index is 0.0616. The maximum Gasteiger partial charge on any atom is 0.317 e. The number of rotatable bonds is 3. The van der Waals surface area contributed by atoms with Gasteiger partial charge in [0.05, 0.1) is 0 Å². The van der Waals surface area contributed by atoms with Gasteiger partial charge in [-0.2, -0.15) is 0 Å². The molecule has 5 heteroatoms. The molecule has 0 aromatic rings. The molecule has 3 aliphatic rings. The van der Waals surface area contributed by atoms with Crippen molar-refractivity contribution in [3.05, 3.63) is 0 Å². The Labute approximate surface area is 133 Å². The minimum Gasteiger partial charge on any atom is -0.342 e. The lowest BCUT2D eigenvalue weighted by Crippen LogP contribution is -2.56. The van der Waals surface area contributed by atoms with Gasteiger partial charge in [0.1, 0.15) is 0 Å². The number of urea groups is 1. The third-order valence-corrected chi connectivity index (χ3v) is 6.14. The summed E-state index contributed by atoms with van der Waals surface area (Å²) in [4.78, 5) is 28.2. The number of piperidine rings is 1. The monoisotopic (exact) mass is 307 g/mol. The molecule has 0 aromatic heterocycles. The van der Waals surface area contributed by atoms with Crippen LogP contribution in [0.4, 0.5) is 4.79 Å². The van der Waals surface area contributed by atoms with Gasteiger partial charge in [0.2, 0.25) is 5.91 Å². The Kier molecular flexibility index (Phi) is 4.33. The van der Waals surface area contributed by atoms with E-state index in [0.29, 0.717) is 18.5 Å². The molecular weight excluding hydrogens is 278 g/mol. The number of hydrogen-bond donors (Lipinski definition) is 1. The van der Waals surface area contributed by atoms with E-state index in [0.717, 1.165) is 38.6 Å². The first-order valence-electron chi connectivity index (χ1n) is 8.79. The first-order chi connectivity index (χ1) is 10.5. The fraction of sp³-hybridized carbons (Fsp3) is 0.882. The molecule has 1 heterocycles. The molecule has 2 aliphatic carbocycles. The number of amides is 3. The van der Waals surface area contributed by atoms with E-state index in [1.165, 1.54) is 19.3 Å². The van der Waals surface area contributed by atoms with E-state index in [2.05, 4.69) is 5.32 Å². The maximum absolute atomic E-state index is 12.4. The second-order valence-electron chi connectivity index (χ2n) is 7.56. The number of nitrogens with one attached hydrogen (secondary N) is 1. The number of nitrogens with zero attached hydrogens (tertiary/aromatic N) is 2. The molecule has 1 N–H and O–H groups in total. The van der Waals surface area contributed by atoms with Gasteiger partial charge in [-0.1, -0.05) is 19.3 Å². The van der Waals surface area contributed by atoms with Gasteiger partial charge in [-0.3, -0.25) is 4.79 Å². The van der Waals surface area contributed by atoms with Crippen molar-refractivity contribution in [2.24, 2.45) is 5.41 Å². The van der Waals surface area contributed by atoms with Crippen LogP contribution in [0.5, 0.6) is 0 Å². The second-order valence-corrected chi connectivity index (χ2v) is 7.56. The summed E-state index contributed by atoms with van der Waals surface area (Å²) < 4.78 is 0. The van der Waals surface area contributed by atoms with Crippen molar-refractivity contribution >= 4 is 11.9 Å². The summed E-state index contributed by atoms with van der Waals surface area (Å²) in [7, 11) is 3.84. The van der Waals surface area contributed by atoms with Gasteiger partial charge in [0.25, 0.3) is 0 Å². The van der Waals surface area contributed by atoms with E-state index >= 15 is 0 Å². The van der Waals surface area contributed by atoms with Crippen molar-refractivity contribution in [1.82, 2.24) is 15.1 Å². The number of fused-ring (bicyclic) bond motifs is 1. The highest BCUT2D eigenvalue weighted by Gasteiger charge is 2.49. The summed E-state index contributed by atoms with van der Waals surface area (Å²) in [6, 6.07) is 0.740. The SMILES string of the molecule is CN(C[C@@]12CCC[C@H]1N(C)C(=O)CC2)C(=O)NC1CCCC1. The van der Waals surface area contributed by atoms with Crippen LogP contribution in [0.2, 0.25) is 0 Å². The Morgan fingerprint density at radius 3 is 2.73 bits per heavy atom. The van der Waals surface area contributed by atoms with Crippen LogP contribution >= 0.6 is 0 Å². The Balaban J connectivity index is 1.62. The molecule has 2 atom stereocenters. The van der Waals surface area contributed by atoms with Gasteiger partial charge < -0.3 is 15.1 Å². The van der Waals surface area contributed by atoms with Gasteiger partial charge in [-0.15, -0.1) is 0 Å². The van der Waals surface area contributed by atoms with Gasteiger partial charge in [-0.05, 0) is 32.1 Å². The first-order valence-corrected chi connectivity index (χ1v) is 8.79. The summed E-state index contributed by atoms with van der Waals surface area (Å²) in [6.45, 7) is 0.772. The zero-order valence-electron chi connectivity index (χ0n) is 13.9. The predicted molar refractivity (Wildman–Crippen MR) is 85.5 cm³/mol. The maximum atomic E-state index is 12.4. The lowest BCUT2D eigenvalue weighted by atomic mass is 9.74. The molecule has 22 heavy (non-hydrogen) atoms. The largest absolute Gasteiger partial charge is 0.342 e. The number of carbonyl (C=O) groups is 2. The summed E-state index contributed by atoms with van der Waals surface area (Å²) in [5.41, 5.74) is 0.116. The summed E-state index contributed by atoms with van der Waals surface area (Å²) >= 11 is 0. The van der Waals surface area contributed by atoms with Crippen LogP contribution in [0.3, 0.4) is 0 Å². The zero-order chi connectivity index (χ0) is 15.7.